The lowest BCUT2D eigenvalue weighted by Crippen LogP contribution is -1.98. The van der Waals surface area contributed by atoms with Gasteiger partial charge in [-0.2, -0.15) is 0 Å². The summed E-state index contributed by atoms with van der Waals surface area (Å²) in [7, 11) is 0. The minimum Gasteiger partial charge on any atom is -0.306 e. The van der Waals surface area contributed by atoms with E-state index in [1.807, 2.05) is 24.3 Å². The number of hydrogen-bond donors (Lipinski definition) is 1. The molecule has 0 amide bonds. The summed E-state index contributed by atoms with van der Waals surface area (Å²) in [6.07, 6.45) is 0.647. The molecule has 0 bridgehead atoms. The smallest absolute Gasteiger partial charge is 0.153 e. The lowest BCUT2D eigenvalue weighted by molar-refractivity contribution is 0.563. The van der Waals surface area contributed by atoms with Crippen molar-refractivity contribution in [2.45, 2.75) is 6.42 Å². The first-order valence-electron chi connectivity index (χ1n) is 4.81. The van der Waals surface area contributed by atoms with Gasteiger partial charge in [0.15, 0.2) is 11.1 Å². The molecule has 1 atom stereocenters. The normalized spacial score (nSPS) is 12.9. The molecule has 0 heterocycles. The minimum absolute atomic E-state index is 0.304. The van der Waals surface area contributed by atoms with E-state index in [0.717, 1.165) is 5.56 Å². The Bertz CT molecular complexity index is 494. The van der Waals surface area contributed by atoms with Gasteiger partial charge < -0.3 is 4.55 Å². The van der Waals surface area contributed by atoms with E-state index in [4.69, 9.17) is 4.55 Å². The van der Waals surface area contributed by atoms with Gasteiger partial charge in [0.1, 0.15) is 0 Å². The van der Waals surface area contributed by atoms with Crippen molar-refractivity contribution in [3.63, 3.8) is 0 Å². The highest BCUT2D eigenvalue weighted by Gasteiger charge is 1.98. The van der Waals surface area contributed by atoms with Crippen molar-refractivity contribution in [3.8, 4) is 0 Å². The van der Waals surface area contributed by atoms with E-state index in [9.17, 15) is 4.21 Å². The van der Waals surface area contributed by atoms with Crippen molar-refractivity contribution in [2.75, 3.05) is 5.75 Å². The third kappa shape index (κ3) is 2.64. The molecule has 0 spiro atoms. The van der Waals surface area contributed by atoms with Crippen molar-refractivity contribution >= 4 is 21.9 Å². The van der Waals surface area contributed by atoms with E-state index in [2.05, 4.69) is 18.2 Å². The number of hydrogen-bond acceptors (Lipinski definition) is 1. The molecule has 0 saturated heterocycles. The zero-order valence-corrected chi connectivity index (χ0v) is 9.04. The predicted molar refractivity (Wildman–Crippen MR) is 63.3 cm³/mol. The molecule has 2 aromatic rings. The van der Waals surface area contributed by atoms with Gasteiger partial charge in [0.2, 0.25) is 0 Å². The lowest BCUT2D eigenvalue weighted by Gasteiger charge is -2.01. The topological polar surface area (TPSA) is 37.3 Å². The fraction of sp³-hybridized carbons (Fsp3) is 0.167. The Morgan fingerprint density at radius 3 is 2.53 bits per heavy atom. The summed E-state index contributed by atoms with van der Waals surface area (Å²) in [5, 5.41) is 2.38. The van der Waals surface area contributed by atoms with E-state index < -0.39 is 11.1 Å². The van der Waals surface area contributed by atoms with Gasteiger partial charge in [0, 0.05) is 0 Å². The Morgan fingerprint density at radius 1 is 1.07 bits per heavy atom. The van der Waals surface area contributed by atoms with Crippen molar-refractivity contribution in [1.82, 2.24) is 0 Å². The summed E-state index contributed by atoms with van der Waals surface area (Å²) in [6.45, 7) is 0. The van der Waals surface area contributed by atoms with Crippen LogP contribution < -0.4 is 0 Å². The van der Waals surface area contributed by atoms with E-state index >= 15 is 0 Å². The van der Waals surface area contributed by atoms with Gasteiger partial charge in [-0.1, -0.05) is 42.5 Å². The highest BCUT2D eigenvalue weighted by molar-refractivity contribution is 7.79. The number of aryl methyl sites for hydroxylation is 1. The second kappa shape index (κ2) is 4.55. The number of fused-ring (bicyclic) bond motifs is 1. The van der Waals surface area contributed by atoms with Crippen LogP contribution in [0.1, 0.15) is 5.56 Å². The first-order chi connectivity index (χ1) is 7.25. The van der Waals surface area contributed by atoms with Crippen LogP contribution in [-0.4, -0.2) is 14.5 Å². The van der Waals surface area contributed by atoms with Gasteiger partial charge in [0.25, 0.3) is 0 Å². The first kappa shape index (κ1) is 10.3. The molecule has 15 heavy (non-hydrogen) atoms. The molecule has 78 valence electrons. The molecule has 0 aliphatic rings. The van der Waals surface area contributed by atoms with Crippen LogP contribution in [0.15, 0.2) is 42.5 Å². The van der Waals surface area contributed by atoms with Crippen LogP contribution in [0.3, 0.4) is 0 Å². The number of benzene rings is 2. The third-order valence-corrected chi connectivity index (χ3v) is 2.93. The zero-order chi connectivity index (χ0) is 10.7. The molecular formula is C12H12O2S. The Morgan fingerprint density at radius 2 is 1.80 bits per heavy atom. The van der Waals surface area contributed by atoms with Crippen LogP contribution in [0.2, 0.25) is 0 Å². The van der Waals surface area contributed by atoms with Crippen molar-refractivity contribution in [1.29, 1.82) is 0 Å². The monoisotopic (exact) mass is 220 g/mol. The summed E-state index contributed by atoms with van der Waals surface area (Å²) >= 11 is -1.70. The largest absolute Gasteiger partial charge is 0.306 e. The SMILES string of the molecule is O=S(O)CCc1ccc2ccccc2c1. The van der Waals surface area contributed by atoms with E-state index in [1.54, 1.807) is 0 Å². The Kier molecular flexibility index (Phi) is 3.14. The van der Waals surface area contributed by atoms with Crippen LogP contribution in [0.25, 0.3) is 10.8 Å². The summed E-state index contributed by atoms with van der Waals surface area (Å²) < 4.78 is 19.2. The van der Waals surface area contributed by atoms with Crippen LogP contribution in [0.5, 0.6) is 0 Å². The maximum atomic E-state index is 10.5. The molecule has 0 aliphatic heterocycles. The average molecular weight is 220 g/mol. The average Bonchev–Trinajstić information content (AvgIpc) is 2.26. The first-order valence-corrected chi connectivity index (χ1v) is 6.08. The molecule has 0 aliphatic carbocycles. The lowest BCUT2D eigenvalue weighted by atomic mass is 10.1. The fourth-order valence-electron chi connectivity index (χ4n) is 1.60. The van der Waals surface area contributed by atoms with Crippen molar-refractivity contribution in [2.24, 2.45) is 0 Å². The molecule has 0 saturated carbocycles. The summed E-state index contributed by atoms with van der Waals surface area (Å²) in [5.74, 6) is 0.304. The predicted octanol–water partition coefficient (Wildman–Crippen LogP) is 2.60. The summed E-state index contributed by atoms with van der Waals surface area (Å²) in [4.78, 5) is 0. The van der Waals surface area contributed by atoms with Crippen LogP contribution in [-0.2, 0) is 17.5 Å². The van der Waals surface area contributed by atoms with Crippen molar-refractivity contribution < 1.29 is 8.76 Å². The molecule has 0 fully saturated rings. The quantitative estimate of drug-likeness (QED) is 0.807. The fourth-order valence-corrected chi connectivity index (χ4v) is 2.01. The van der Waals surface area contributed by atoms with E-state index in [0.29, 0.717) is 12.2 Å². The van der Waals surface area contributed by atoms with E-state index in [-0.39, 0.29) is 0 Å². The maximum Gasteiger partial charge on any atom is 0.153 e. The maximum absolute atomic E-state index is 10.5. The molecule has 0 radical (unpaired) electrons. The minimum atomic E-state index is -1.70. The Labute approximate surface area is 91.2 Å². The second-order valence-electron chi connectivity index (χ2n) is 3.46. The highest BCUT2D eigenvalue weighted by Crippen LogP contribution is 2.15. The van der Waals surface area contributed by atoms with Crippen LogP contribution in [0, 0.1) is 0 Å². The molecule has 1 unspecified atom stereocenters. The Hall–Kier alpha value is -1.19. The van der Waals surface area contributed by atoms with Crippen LogP contribution >= 0.6 is 0 Å². The number of rotatable bonds is 3. The van der Waals surface area contributed by atoms with Gasteiger partial charge in [0.05, 0.1) is 5.75 Å². The summed E-state index contributed by atoms with van der Waals surface area (Å²) in [6, 6.07) is 14.2. The highest BCUT2D eigenvalue weighted by atomic mass is 32.2. The molecular weight excluding hydrogens is 208 g/mol. The molecule has 1 N–H and O–H groups in total. The zero-order valence-electron chi connectivity index (χ0n) is 8.22. The van der Waals surface area contributed by atoms with Gasteiger partial charge in [-0.15, -0.1) is 0 Å². The van der Waals surface area contributed by atoms with Gasteiger partial charge in [-0.25, -0.2) is 4.21 Å². The van der Waals surface area contributed by atoms with Crippen molar-refractivity contribution in [3.05, 3.63) is 48.0 Å². The van der Waals surface area contributed by atoms with Gasteiger partial charge >= 0.3 is 0 Å². The third-order valence-electron chi connectivity index (χ3n) is 2.38. The molecule has 2 nitrogen and oxygen atoms in total. The summed E-state index contributed by atoms with van der Waals surface area (Å²) in [5.41, 5.74) is 1.11. The Balaban J connectivity index is 2.26. The van der Waals surface area contributed by atoms with Gasteiger partial charge in [-0.05, 0) is 22.8 Å². The second-order valence-corrected chi connectivity index (χ2v) is 4.51. The van der Waals surface area contributed by atoms with Gasteiger partial charge in [-0.3, -0.25) is 0 Å². The molecule has 0 aromatic heterocycles. The molecule has 2 aromatic carbocycles. The molecule has 2 rings (SSSR count). The van der Waals surface area contributed by atoms with E-state index in [1.165, 1.54) is 10.8 Å². The molecule has 3 heteroatoms. The van der Waals surface area contributed by atoms with Crippen LogP contribution in [0.4, 0.5) is 0 Å². The standard InChI is InChI=1S/C12H12O2S/c13-15(14)8-7-10-5-6-11-3-1-2-4-12(11)9-10/h1-6,9H,7-8H2,(H,13,14).